The van der Waals surface area contributed by atoms with Crippen molar-refractivity contribution in [3.05, 3.63) is 35.4 Å². The zero-order valence-electron chi connectivity index (χ0n) is 9.33. The summed E-state index contributed by atoms with van der Waals surface area (Å²) < 4.78 is 5.14. The fourth-order valence-corrected chi connectivity index (χ4v) is 2.50. The second-order valence-corrected chi connectivity index (χ2v) is 4.41. The molecular formula is C13H19NO. The SMILES string of the molecule is COCCC1(N)CCCc2ccccc21. The Balaban J connectivity index is 2.27. The number of benzene rings is 1. The lowest BCUT2D eigenvalue weighted by Crippen LogP contribution is -2.41. The predicted molar refractivity (Wildman–Crippen MR) is 61.7 cm³/mol. The molecule has 1 atom stereocenters. The molecule has 82 valence electrons. The highest BCUT2D eigenvalue weighted by Gasteiger charge is 2.31. The molecule has 0 saturated heterocycles. The molecule has 0 heterocycles. The Labute approximate surface area is 91.4 Å². The minimum absolute atomic E-state index is 0.162. The number of hydrogen-bond donors (Lipinski definition) is 1. The lowest BCUT2D eigenvalue weighted by molar-refractivity contribution is 0.161. The van der Waals surface area contributed by atoms with E-state index in [0.29, 0.717) is 0 Å². The maximum Gasteiger partial charge on any atom is 0.0483 e. The van der Waals surface area contributed by atoms with Crippen LogP contribution in [0.2, 0.25) is 0 Å². The van der Waals surface area contributed by atoms with E-state index in [0.717, 1.165) is 19.4 Å². The van der Waals surface area contributed by atoms with Gasteiger partial charge in [0.2, 0.25) is 0 Å². The predicted octanol–water partition coefficient (Wildman–Crippen LogP) is 2.21. The van der Waals surface area contributed by atoms with Crippen molar-refractivity contribution >= 4 is 0 Å². The number of nitrogens with two attached hydrogens (primary N) is 1. The van der Waals surface area contributed by atoms with E-state index in [9.17, 15) is 0 Å². The van der Waals surface area contributed by atoms with Crippen molar-refractivity contribution < 1.29 is 4.74 Å². The molecule has 1 aliphatic rings. The van der Waals surface area contributed by atoms with Gasteiger partial charge in [0.1, 0.15) is 0 Å². The van der Waals surface area contributed by atoms with Gasteiger partial charge >= 0.3 is 0 Å². The molecule has 0 amide bonds. The van der Waals surface area contributed by atoms with Gasteiger partial charge in [-0.25, -0.2) is 0 Å². The Kier molecular flexibility index (Phi) is 3.08. The average Bonchev–Trinajstić information content (AvgIpc) is 2.27. The molecule has 2 rings (SSSR count). The maximum atomic E-state index is 6.48. The van der Waals surface area contributed by atoms with Gasteiger partial charge < -0.3 is 10.5 Å². The first-order valence-corrected chi connectivity index (χ1v) is 5.62. The summed E-state index contributed by atoms with van der Waals surface area (Å²) in [4.78, 5) is 0. The van der Waals surface area contributed by atoms with Crippen LogP contribution in [0.1, 0.15) is 30.4 Å². The minimum atomic E-state index is -0.162. The number of aryl methyl sites for hydroxylation is 1. The normalized spacial score (nSPS) is 24.9. The lowest BCUT2D eigenvalue weighted by atomic mass is 9.75. The van der Waals surface area contributed by atoms with Gasteiger partial charge in [-0.15, -0.1) is 0 Å². The lowest BCUT2D eigenvalue weighted by Gasteiger charge is -2.35. The first-order valence-electron chi connectivity index (χ1n) is 5.62. The third-order valence-corrected chi connectivity index (χ3v) is 3.38. The number of rotatable bonds is 3. The summed E-state index contributed by atoms with van der Waals surface area (Å²) in [6, 6.07) is 8.55. The Morgan fingerprint density at radius 2 is 2.20 bits per heavy atom. The van der Waals surface area contributed by atoms with Gasteiger partial charge in [0.15, 0.2) is 0 Å². The van der Waals surface area contributed by atoms with Gasteiger partial charge in [-0.05, 0) is 36.8 Å². The summed E-state index contributed by atoms with van der Waals surface area (Å²) >= 11 is 0. The van der Waals surface area contributed by atoms with Gasteiger partial charge in [-0.3, -0.25) is 0 Å². The van der Waals surface area contributed by atoms with Crippen molar-refractivity contribution in [3.63, 3.8) is 0 Å². The van der Waals surface area contributed by atoms with E-state index in [1.54, 1.807) is 7.11 Å². The summed E-state index contributed by atoms with van der Waals surface area (Å²) in [7, 11) is 1.73. The van der Waals surface area contributed by atoms with Crippen LogP contribution in [0.25, 0.3) is 0 Å². The van der Waals surface area contributed by atoms with Crippen LogP contribution in [0.4, 0.5) is 0 Å². The molecule has 2 heteroatoms. The van der Waals surface area contributed by atoms with Crippen molar-refractivity contribution in [2.75, 3.05) is 13.7 Å². The van der Waals surface area contributed by atoms with Crippen LogP contribution in [-0.2, 0) is 16.7 Å². The van der Waals surface area contributed by atoms with Gasteiger partial charge in [0.25, 0.3) is 0 Å². The van der Waals surface area contributed by atoms with E-state index in [4.69, 9.17) is 10.5 Å². The highest BCUT2D eigenvalue weighted by Crippen LogP contribution is 2.35. The molecule has 0 spiro atoms. The molecule has 0 aromatic heterocycles. The van der Waals surface area contributed by atoms with Gasteiger partial charge in [0, 0.05) is 19.3 Å². The Morgan fingerprint density at radius 1 is 1.40 bits per heavy atom. The largest absolute Gasteiger partial charge is 0.385 e. The van der Waals surface area contributed by atoms with Crippen LogP contribution in [0.3, 0.4) is 0 Å². The molecular weight excluding hydrogens is 186 g/mol. The molecule has 0 bridgehead atoms. The van der Waals surface area contributed by atoms with Gasteiger partial charge in [0.05, 0.1) is 0 Å². The van der Waals surface area contributed by atoms with Crippen LogP contribution in [0.5, 0.6) is 0 Å². The fourth-order valence-electron chi connectivity index (χ4n) is 2.50. The smallest absolute Gasteiger partial charge is 0.0483 e. The third kappa shape index (κ3) is 2.06. The van der Waals surface area contributed by atoms with Crippen LogP contribution < -0.4 is 5.73 Å². The fraction of sp³-hybridized carbons (Fsp3) is 0.538. The first kappa shape index (κ1) is 10.7. The Bertz CT molecular complexity index is 337. The molecule has 0 saturated carbocycles. The van der Waals surface area contributed by atoms with Crippen LogP contribution in [0.15, 0.2) is 24.3 Å². The number of hydrogen-bond acceptors (Lipinski definition) is 2. The second kappa shape index (κ2) is 4.33. The van der Waals surface area contributed by atoms with E-state index in [2.05, 4.69) is 24.3 Å². The molecule has 2 nitrogen and oxygen atoms in total. The number of methoxy groups -OCH3 is 1. The van der Waals surface area contributed by atoms with E-state index in [1.165, 1.54) is 24.0 Å². The molecule has 1 aliphatic carbocycles. The van der Waals surface area contributed by atoms with E-state index >= 15 is 0 Å². The van der Waals surface area contributed by atoms with Gasteiger partial charge in [-0.1, -0.05) is 24.3 Å². The summed E-state index contributed by atoms with van der Waals surface area (Å²) in [6.07, 6.45) is 4.35. The van der Waals surface area contributed by atoms with E-state index in [-0.39, 0.29) is 5.54 Å². The standard InChI is InChI=1S/C13H19NO/c1-15-10-9-13(14)8-4-6-11-5-2-3-7-12(11)13/h2-3,5,7H,4,6,8-10,14H2,1H3. The van der Waals surface area contributed by atoms with Crippen molar-refractivity contribution in [3.8, 4) is 0 Å². The summed E-state index contributed by atoms with van der Waals surface area (Å²) in [6.45, 7) is 0.741. The highest BCUT2D eigenvalue weighted by atomic mass is 16.5. The molecule has 2 N–H and O–H groups in total. The molecule has 1 unspecified atom stereocenters. The quantitative estimate of drug-likeness (QED) is 0.821. The van der Waals surface area contributed by atoms with Crippen LogP contribution in [0, 0.1) is 0 Å². The van der Waals surface area contributed by atoms with Crippen molar-refractivity contribution in [2.24, 2.45) is 5.73 Å². The number of fused-ring (bicyclic) bond motifs is 1. The minimum Gasteiger partial charge on any atom is -0.385 e. The van der Waals surface area contributed by atoms with Gasteiger partial charge in [-0.2, -0.15) is 0 Å². The molecule has 0 radical (unpaired) electrons. The summed E-state index contributed by atoms with van der Waals surface area (Å²) in [5.74, 6) is 0. The molecule has 15 heavy (non-hydrogen) atoms. The van der Waals surface area contributed by atoms with Crippen molar-refractivity contribution in [1.82, 2.24) is 0 Å². The molecule has 0 aliphatic heterocycles. The zero-order chi connectivity index (χ0) is 10.7. The summed E-state index contributed by atoms with van der Waals surface area (Å²) in [5.41, 5.74) is 9.06. The Hall–Kier alpha value is -0.860. The third-order valence-electron chi connectivity index (χ3n) is 3.38. The topological polar surface area (TPSA) is 35.2 Å². The zero-order valence-corrected chi connectivity index (χ0v) is 9.33. The number of ether oxygens (including phenoxy) is 1. The van der Waals surface area contributed by atoms with E-state index in [1.807, 2.05) is 0 Å². The van der Waals surface area contributed by atoms with Crippen molar-refractivity contribution in [2.45, 2.75) is 31.2 Å². The molecule has 0 fully saturated rings. The van der Waals surface area contributed by atoms with Crippen molar-refractivity contribution in [1.29, 1.82) is 0 Å². The second-order valence-electron chi connectivity index (χ2n) is 4.41. The Morgan fingerprint density at radius 3 is 3.00 bits per heavy atom. The van der Waals surface area contributed by atoms with E-state index < -0.39 is 0 Å². The maximum absolute atomic E-state index is 6.48. The van der Waals surface area contributed by atoms with Crippen LogP contribution in [-0.4, -0.2) is 13.7 Å². The molecule has 1 aromatic rings. The summed E-state index contributed by atoms with van der Waals surface area (Å²) in [5, 5.41) is 0. The molecule has 1 aromatic carbocycles. The highest BCUT2D eigenvalue weighted by molar-refractivity contribution is 5.35. The van der Waals surface area contributed by atoms with Crippen LogP contribution >= 0.6 is 0 Å². The average molecular weight is 205 g/mol. The first-order chi connectivity index (χ1) is 7.26. The monoisotopic (exact) mass is 205 g/mol.